The van der Waals surface area contributed by atoms with Gasteiger partial charge in [-0.15, -0.1) is 0 Å². The van der Waals surface area contributed by atoms with Gasteiger partial charge in [0.05, 0.1) is 12.1 Å². The van der Waals surface area contributed by atoms with Crippen molar-refractivity contribution in [3.8, 4) is 5.75 Å². The van der Waals surface area contributed by atoms with Crippen molar-refractivity contribution in [3.05, 3.63) is 28.8 Å². The van der Waals surface area contributed by atoms with Crippen LogP contribution in [0.4, 0.5) is 0 Å². The average molecular weight is 269 g/mol. The molecule has 0 aliphatic carbocycles. The molecule has 0 spiro atoms. The molecule has 0 unspecified atom stereocenters. The van der Waals surface area contributed by atoms with Crippen molar-refractivity contribution in [1.82, 2.24) is 10.2 Å². The molecule has 0 bridgehead atoms. The van der Waals surface area contributed by atoms with Gasteiger partial charge in [-0.3, -0.25) is 4.79 Å². The second kappa shape index (κ2) is 6.07. The Hall–Kier alpha value is -1.26. The maximum atomic E-state index is 12.5. The third-order valence-electron chi connectivity index (χ3n) is 3.04. The summed E-state index contributed by atoms with van der Waals surface area (Å²) >= 11 is 6.12. The zero-order valence-corrected chi connectivity index (χ0v) is 11.2. The Labute approximate surface area is 112 Å². The predicted molar refractivity (Wildman–Crippen MR) is 71.4 cm³/mol. The molecule has 0 saturated carbocycles. The number of benzene rings is 1. The highest BCUT2D eigenvalue weighted by Gasteiger charge is 2.22. The molecule has 1 aliphatic rings. The molecule has 5 heteroatoms. The number of amides is 1. The van der Waals surface area contributed by atoms with Crippen LogP contribution >= 0.6 is 11.6 Å². The van der Waals surface area contributed by atoms with Gasteiger partial charge in [-0.1, -0.05) is 17.7 Å². The lowest BCUT2D eigenvalue weighted by Crippen LogP contribution is -2.34. The van der Waals surface area contributed by atoms with Gasteiger partial charge in [-0.25, -0.2) is 0 Å². The van der Waals surface area contributed by atoms with E-state index in [2.05, 4.69) is 5.32 Å². The minimum Gasteiger partial charge on any atom is -0.496 e. The van der Waals surface area contributed by atoms with Crippen molar-refractivity contribution in [2.75, 3.05) is 33.3 Å². The molecule has 1 heterocycles. The van der Waals surface area contributed by atoms with E-state index < -0.39 is 0 Å². The van der Waals surface area contributed by atoms with Crippen molar-refractivity contribution in [3.63, 3.8) is 0 Å². The Kier molecular flexibility index (Phi) is 4.44. The van der Waals surface area contributed by atoms with Gasteiger partial charge in [-0.2, -0.15) is 0 Å². The second-order valence-electron chi connectivity index (χ2n) is 4.21. The number of nitrogens with zero attached hydrogens (tertiary/aromatic N) is 1. The normalized spacial score (nSPS) is 16.2. The Morgan fingerprint density at radius 1 is 1.39 bits per heavy atom. The number of carbonyl (C=O) groups is 1. The topological polar surface area (TPSA) is 41.6 Å². The fourth-order valence-corrected chi connectivity index (χ4v) is 2.34. The summed E-state index contributed by atoms with van der Waals surface area (Å²) in [6.07, 6.45) is 0.957. The van der Waals surface area contributed by atoms with E-state index in [0.29, 0.717) is 22.9 Å². The van der Waals surface area contributed by atoms with Crippen LogP contribution in [0.3, 0.4) is 0 Å². The van der Waals surface area contributed by atoms with Crippen molar-refractivity contribution in [1.29, 1.82) is 0 Å². The summed E-state index contributed by atoms with van der Waals surface area (Å²) in [6, 6.07) is 5.25. The molecule has 4 nitrogen and oxygen atoms in total. The number of hydrogen-bond donors (Lipinski definition) is 1. The second-order valence-corrected chi connectivity index (χ2v) is 4.62. The lowest BCUT2D eigenvalue weighted by Gasteiger charge is -2.21. The first kappa shape index (κ1) is 13.2. The van der Waals surface area contributed by atoms with Crippen LogP contribution in [0.15, 0.2) is 18.2 Å². The highest BCUT2D eigenvalue weighted by Crippen LogP contribution is 2.27. The standard InChI is InChI=1S/C13H17ClN2O2/c1-18-11-5-2-4-10(14)12(11)13(17)16-8-3-6-15-7-9-16/h2,4-5,15H,3,6-9H2,1H3. The SMILES string of the molecule is COc1cccc(Cl)c1C(=O)N1CCCNCC1. The maximum absolute atomic E-state index is 12.5. The van der Waals surface area contributed by atoms with E-state index in [9.17, 15) is 4.79 Å². The summed E-state index contributed by atoms with van der Waals surface area (Å²) in [6.45, 7) is 3.22. The Morgan fingerprint density at radius 2 is 2.22 bits per heavy atom. The van der Waals surface area contributed by atoms with Gasteiger partial charge in [0.15, 0.2) is 0 Å². The predicted octanol–water partition coefficient (Wildman–Crippen LogP) is 1.78. The molecule has 1 fully saturated rings. The van der Waals surface area contributed by atoms with E-state index in [0.717, 1.165) is 26.1 Å². The van der Waals surface area contributed by atoms with E-state index in [1.54, 1.807) is 25.3 Å². The van der Waals surface area contributed by atoms with Crippen LogP contribution in [-0.2, 0) is 0 Å². The van der Waals surface area contributed by atoms with Crippen LogP contribution < -0.4 is 10.1 Å². The number of methoxy groups -OCH3 is 1. The molecule has 1 saturated heterocycles. The lowest BCUT2D eigenvalue weighted by molar-refractivity contribution is 0.0763. The molecule has 1 aromatic rings. The van der Waals surface area contributed by atoms with Crippen LogP contribution in [0.1, 0.15) is 16.8 Å². The Bertz CT molecular complexity index is 429. The Morgan fingerprint density at radius 3 is 3.00 bits per heavy atom. The van der Waals surface area contributed by atoms with Crippen LogP contribution in [0, 0.1) is 0 Å². The molecule has 98 valence electrons. The number of rotatable bonds is 2. The smallest absolute Gasteiger partial charge is 0.259 e. The molecule has 0 radical (unpaired) electrons. The molecule has 1 aromatic carbocycles. The van der Waals surface area contributed by atoms with Crippen molar-refractivity contribution < 1.29 is 9.53 Å². The molecule has 1 N–H and O–H groups in total. The minimum atomic E-state index is -0.0545. The van der Waals surface area contributed by atoms with Gasteiger partial charge in [0, 0.05) is 19.6 Å². The summed E-state index contributed by atoms with van der Waals surface area (Å²) < 4.78 is 5.22. The molecule has 1 aliphatic heterocycles. The summed E-state index contributed by atoms with van der Waals surface area (Å²) in [7, 11) is 1.55. The number of halogens is 1. The third kappa shape index (κ3) is 2.76. The van der Waals surface area contributed by atoms with Gasteiger partial charge in [-0.05, 0) is 25.1 Å². The van der Waals surface area contributed by atoms with Gasteiger partial charge < -0.3 is 15.0 Å². The van der Waals surface area contributed by atoms with Crippen LogP contribution in [0.2, 0.25) is 5.02 Å². The molecule has 0 aromatic heterocycles. The van der Waals surface area contributed by atoms with Crippen LogP contribution in [-0.4, -0.2) is 44.1 Å². The fraction of sp³-hybridized carbons (Fsp3) is 0.462. The van der Waals surface area contributed by atoms with Gasteiger partial charge in [0.1, 0.15) is 11.3 Å². The van der Waals surface area contributed by atoms with E-state index in [-0.39, 0.29) is 5.91 Å². The van der Waals surface area contributed by atoms with E-state index >= 15 is 0 Å². The number of carbonyl (C=O) groups excluding carboxylic acids is 1. The number of ether oxygens (including phenoxy) is 1. The highest BCUT2D eigenvalue weighted by molar-refractivity contribution is 6.34. The molecule has 18 heavy (non-hydrogen) atoms. The molecule has 1 amide bonds. The number of hydrogen-bond acceptors (Lipinski definition) is 3. The van der Waals surface area contributed by atoms with Gasteiger partial charge in [0.2, 0.25) is 0 Å². The maximum Gasteiger partial charge on any atom is 0.259 e. The summed E-state index contributed by atoms with van der Waals surface area (Å²) in [5, 5.41) is 3.71. The first-order valence-corrected chi connectivity index (χ1v) is 6.44. The quantitative estimate of drug-likeness (QED) is 0.889. The molecule has 0 atom stereocenters. The largest absolute Gasteiger partial charge is 0.496 e. The number of nitrogens with one attached hydrogen (secondary N) is 1. The average Bonchev–Trinajstić information content (AvgIpc) is 2.66. The lowest BCUT2D eigenvalue weighted by atomic mass is 10.1. The van der Waals surface area contributed by atoms with Crippen LogP contribution in [0.25, 0.3) is 0 Å². The minimum absolute atomic E-state index is 0.0545. The van der Waals surface area contributed by atoms with Crippen molar-refractivity contribution in [2.24, 2.45) is 0 Å². The molecular formula is C13H17ClN2O2. The first-order valence-electron chi connectivity index (χ1n) is 6.06. The molecular weight excluding hydrogens is 252 g/mol. The van der Waals surface area contributed by atoms with Gasteiger partial charge >= 0.3 is 0 Å². The summed E-state index contributed by atoms with van der Waals surface area (Å²) in [5.74, 6) is 0.478. The van der Waals surface area contributed by atoms with E-state index in [4.69, 9.17) is 16.3 Å². The third-order valence-corrected chi connectivity index (χ3v) is 3.35. The summed E-state index contributed by atoms with van der Waals surface area (Å²) in [5.41, 5.74) is 0.462. The van der Waals surface area contributed by atoms with Crippen molar-refractivity contribution >= 4 is 17.5 Å². The first-order chi connectivity index (χ1) is 8.74. The van der Waals surface area contributed by atoms with Gasteiger partial charge in [0.25, 0.3) is 5.91 Å². The zero-order valence-electron chi connectivity index (χ0n) is 10.4. The van der Waals surface area contributed by atoms with E-state index in [1.807, 2.05) is 4.90 Å². The van der Waals surface area contributed by atoms with E-state index in [1.165, 1.54) is 0 Å². The monoisotopic (exact) mass is 268 g/mol. The Balaban J connectivity index is 2.27. The summed E-state index contributed by atoms with van der Waals surface area (Å²) in [4.78, 5) is 14.3. The van der Waals surface area contributed by atoms with Crippen LogP contribution in [0.5, 0.6) is 5.75 Å². The van der Waals surface area contributed by atoms with Crippen molar-refractivity contribution in [2.45, 2.75) is 6.42 Å². The molecule has 2 rings (SSSR count). The zero-order chi connectivity index (χ0) is 13.0. The highest BCUT2D eigenvalue weighted by atomic mass is 35.5. The fourth-order valence-electron chi connectivity index (χ4n) is 2.09.